The smallest absolute Gasteiger partial charge is 0.243 e. The first-order valence-corrected chi connectivity index (χ1v) is 10.6. The lowest BCUT2D eigenvalue weighted by Gasteiger charge is -2.22. The van der Waals surface area contributed by atoms with Crippen molar-refractivity contribution in [1.29, 1.82) is 0 Å². The van der Waals surface area contributed by atoms with Crippen molar-refractivity contribution in [2.75, 3.05) is 19.0 Å². The Bertz CT molecular complexity index is 1100. The van der Waals surface area contributed by atoms with Gasteiger partial charge in [0.2, 0.25) is 15.9 Å². The molecule has 0 saturated carbocycles. The van der Waals surface area contributed by atoms with E-state index in [9.17, 15) is 17.6 Å². The standard InChI is InChI=1S/C22H21FN2O4S/c1-29-20-10-12-21(13-11-20)30(27,28)25(15-17-6-3-2-4-7-17)16-22(26)24-19-9-5-8-18(23)14-19/h2-14H,15-16H2,1H3,(H,24,26). The summed E-state index contributed by atoms with van der Waals surface area (Å²) >= 11 is 0. The van der Waals surface area contributed by atoms with Gasteiger partial charge in [0.15, 0.2) is 0 Å². The lowest BCUT2D eigenvalue weighted by atomic mass is 10.2. The van der Waals surface area contributed by atoms with Crippen LogP contribution in [0.1, 0.15) is 5.56 Å². The van der Waals surface area contributed by atoms with Crippen LogP contribution in [0.15, 0.2) is 83.8 Å². The third-order valence-corrected chi connectivity index (χ3v) is 6.13. The van der Waals surface area contributed by atoms with E-state index in [1.807, 2.05) is 6.07 Å². The molecule has 156 valence electrons. The highest BCUT2D eigenvalue weighted by atomic mass is 32.2. The second kappa shape index (κ2) is 9.51. The number of halogens is 1. The van der Waals surface area contributed by atoms with Crippen molar-refractivity contribution < 1.29 is 22.3 Å². The van der Waals surface area contributed by atoms with Crippen LogP contribution >= 0.6 is 0 Å². The summed E-state index contributed by atoms with van der Waals surface area (Å²) in [6.07, 6.45) is 0. The van der Waals surface area contributed by atoms with E-state index in [1.54, 1.807) is 36.4 Å². The molecule has 0 heterocycles. The molecule has 0 unspecified atom stereocenters. The van der Waals surface area contributed by atoms with Crippen molar-refractivity contribution in [3.63, 3.8) is 0 Å². The third-order valence-electron chi connectivity index (χ3n) is 4.33. The number of hydrogen-bond acceptors (Lipinski definition) is 4. The molecular formula is C22H21FN2O4S. The van der Waals surface area contributed by atoms with Gasteiger partial charge in [0.25, 0.3) is 0 Å². The van der Waals surface area contributed by atoms with E-state index in [1.165, 1.54) is 37.4 Å². The molecule has 1 amide bonds. The van der Waals surface area contributed by atoms with Crippen molar-refractivity contribution in [2.45, 2.75) is 11.4 Å². The van der Waals surface area contributed by atoms with Crippen molar-refractivity contribution >= 4 is 21.6 Å². The number of rotatable bonds is 8. The molecule has 0 aliphatic rings. The number of anilines is 1. The van der Waals surface area contributed by atoms with Gasteiger partial charge in [-0.25, -0.2) is 12.8 Å². The van der Waals surface area contributed by atoms with Gasteiger partial charge in [-0.15, -0.1) is 0 Å². The van der Waals surface area contributed by atoms with Gasteiger partial charge in [-0.3, -0.25) is 4.79 Å². The van der Waals surface area contributed by atoms with E-state index in [2.05, 4.69) is 5.32 Å². The number of benzene rings is 3. The van der Waals surface area contributed by atoms with Gasteiger partial charge < -0.3 is 10.1 Å². The predicted molar refractivity (Wildman–Crippen MR) is 112 cm³/mol. The minimum atomic E-state index is -3.98. The first kappa shape index (κ1) is 21.5. The molecule has 3 aromatic carbocycles. The minimum absolute atomic E-state index is 0.00573. The topological polar surface area (TPSA) is 75.7 Å². The van der Waals surface area contributed by atoms with Gasteiger partial charge in [0, 0.05) is 12.2 Å². The number of carbonyl (C=O) groups is 1. The van der Waals surface area contributed by atoms with Crippen molar-refractivity contribution in [3.05, 3.63) is 90.2 Å². The summed E-state index contributed by atoms with van der Waals surface area (Å²) in [6, 6.07) is 20.3. The fourth-order valence-electron chi connectivity index (χ4n) is 2.84. The molecule has 8 heteroatoms. The summed E-state index contributed by atoms with van der Waals surface area (Å²) in [5.74, 6) is -0.555. The van der Waals surface area contributed by atoms with Crippen LogP contribution < -0.4 is 10.1 Å². The first-order chi connectivity index (χ1) is 14.4. The summed E-state index contributed by atoms with van der Waals surface area (Å²) in [5.41, 5.74) is 0.981. The van der Waals surface area contributed by atoms with Gasteiger partial charge in [-0.2, -0.15) is 4.31 Å². The largest absolute Gasteiger partial charge is 0.497 e. The Morgan fingerprint density at radius 3 is 2.33 bits per heavy atom. The molecule has 0 aromatic heterocycles. The average Bonchev–Trinajstić information content (AvgIpc) is 2.74. The van der Waals surface area contributed by atoms with Crippen LogP contribution in [0.4, 0.5) is 10.1 Å². The maximum absolute atomic E-state index is 13.4. The lowest BCUT2D eigenvalue weighted by Crippen LogP contribution is -2.37. The van der Waals surface area contributed by atoms with Crippen LogP contribution in [0, 0.1) is 5.82 Å². The Kier molecular flexibility index (Phi) is 6.81. The van der Waals surface area contributed by atoms with Gasteiger partial charge in [0.1, 0.15) is 11.6 Å². The van der Waals surface area contributed by atoms with E-state index in [0.717, 1.165) is 15.9 Å². The predicted octanol–water partition coefficient (Wildman–Crippen LogP) is 3.66. The van der Waals surface area contributed by atoms with E-state index < -0.39 is 28.3 Å². The molecule has 0 spiro atoms. The van der Waals surface area contributed by atoms with Crippen LogP contribution in [0.5, 0.6) is 5.75 Å². The fourth-order valence-corrected chi connectivity index (χ4v) is 4.22. The van der Waals surface area contributed by atoms with Gasteiger partial charge in [0.05, 0.1) is 18.6 Å². The Morgan fingerprint density at radius 1 is 1.00 bits per heavy atom. The van der Waals surface area contributed by atoms with Crippen LogP contribution in [0.25, 0.3) is 0 Å². The molecule has 30 heavy (non-hydrogen) atoms. The average molecular weight is 428 g/mol. The SMILES string of the molecule is COc1ccc(S(=O)(=O)N(CC(=O)Nc2cccc(F)c2)Cc2ccccc2)cc1. The van der Waals surface area contributed by atoms with Gasteiger partial charge in [-0.05, 0) is 48.0 Å². The highest BCUT2D eigenvalue weighted by Crippen LogP contribution is 2.21. The molecule has 0 radical (unpaired) electrons. The van der Waals surface area contributed by atoms with Gasteiger partial charge in [-0.1, -0.05) is 36.4 Å². The third kappa shape index (κ3) is 5.43. The molecule has 0 aliphatic carbocycles. The number of carbonyl (C=O) groups excluding carboxylic acids is 1. The van der Waals surface area contributed by atoms with Crippen molar-refractivity contribution in [3.8, 4) is 5.75 Å². The maximum atomic E-state index is 13.4. The van der Waals surface area contributed by atoms with E-state index in [-0.39, 0.29) is 17.1 Å². The summed E-state index contributed by atoms with van der Waals surface area (Å²) in [6.45, 7) is -0.425. The molecule has 0 saturated heterocycles. The lowest BCUT2D eigenvalue weighted by molar-refractivity contribution is -0.116. The van der Waals surface area contributed by atoms with Crippen molar-refractivity contribution in [1.82, 2.24) is 4.31 Å². The first-order valence-electron chi connectivity index (χ1n) is 9.12. The molecule has 0 fully saturated rings. The van der Waals surface area contributed by atoms with E-state index >= 15 is 0 Å². The number of methoxy groups -OCH3 is 1. The van der Waals surface area contributed by atoms with Crippen LogP contribution in [-0.4, -0.2) is 32.3 Å². The molecule has 0 aliphatic heterocycles. The zero-order chi connectivity index (χ0) is 21.6. The Hall–Kier alpha value is -3.23. The Balaban J connectivity index is 1.86. The van der Waals surface area contributed by atoms with Crippen LogP contribution in [0.2, 0.25) is 0 Å². The number of hydrogen-bond donors (Lipinski definition) is 1. The number of nitrogens with one attached hydrogen (secondary N) is 1. The molecule has 0 bridgehead atoms. The number of sulfonamides is 1. The van der Waals surface area contributed by atoms with E-state index in [0.29, 0.717) is 5.75 Å². The number of ether oxygens (including phenoxy) is 1. The monoisotopic (exact) mass is 428 g/mol. The molecule has 1 N–H and O–H groups in total. The highest BCUT2D eigenvalue weighted by Gasteiger charge is 2.27. The molecule has 3 rings (SSSR count). The molecule has 0 atom stereocenters. The van der Waals surface area contributed by atoms with Crippen LogP contribution in [-0.2, 0) is 21.4 Å². The highest BCUT2D eigenvalue weighted by molar-refractivity contribution is 7.89. The molecular weight excluding hydrogens is 407 g/mol. The Morgan fingerprint density at radius 2 is 1.70 bits per heavy atom. The second-order valence-electron chi connectivity index (χ2n) is 6.49. The summed E-state index contributed by atoms with van der Waals surface area (Å²) in [7, 11) is -2.49. The van der Waals surface area contributed by atoms with Crippen LogP contribution in [0.3, 0.4) is 0 Å². The Labute approximate surface area is 175 Å². The zero-order valence-corrected chi connectivity index (χ0v) is 17.1. The zero-order valence-electron chi connectivity index (χ0n) is 16.3. The number of amides is 1. The molecule has 3 aromatic rings. The summed E-state index contributed by atoms with van der Waals surface area (Å²) < 4.78 is 46.0. The van der Waals surface area contributed by atoms with Crippen molar-refractivity contribution in [2.24, 2.45) is 0 Å². The van der Waals surface area contributed by atoms with Gasteiger partial charge >= 0.3 is 0 Å². The maximum Gasteiger partial charge on any atom is 0.243 e. The fraction of sp³-hybridized carbons (Fsp3) is 0.136. The summed E-state index contributed by atoms with van der Waals surface area (Å²) in [5, 5.41) is 2.54. The quantitative estimate of drug-likeness (QED) is 0.594. The van der Waals surface area contributed by atoms with E-state index in [4.69, 9.17) is 4.74 Å². The molecule has 6 nitrogen and oxygen atoms in total. The number of nitrogens with zero attached hydrogens (tertiary/aromatic N) is 1. The normalized spacial score (nSPS) is 11.3. The summed E-state index contributed by atoms with van der Waals surface area (Å²) in [4.78, 5) is 12.6. The minimum Gasteiger partial charge on any atom is -0.497 e. The second-order valence-corrected chi connectivity index (χ2v) is 8.43.